The first-order valence-electron chi connectivity index (χ1n) is 7.92. The zero-order valence-electron chi connectivity index (χ0n) is 13.5. The summed E-state index contributed by atoms with van der Waals surface area (Å²) >= 11 is 0. The molecular weight excluding hydrogens is 278 g/mol. The van der Waals surface area contributed by atoms with Gasteiger partial charge in [0.05, 0.1) is 30.1 Å². The van der Waals surface area contributed by atoms with E-state index in [1.807, 2.05) is 37.5 Å². The van der Waals surface area contributed by atoms with E-state index in [0.29, 0.717) is 13.2 Å². The molecule has 0 spiro atoms. The average Bonchev–Trinajstić information content (AvgIpc) is 2.93. The molecule has 1 aliphatic carbocycles. The first kappa shape index (κ1) is 15.5. The molecule has 1 aliphatic rings. The summed E-state index contributed by atoms with van der Waals surface area (Å²) in [6.07, 6.45) is 4.93. The van der Waals surface area contributed by atoms with Gasteiger partial charge in [-0.2, -0.15) is 0 Å². The summed E-state index contributed by atoms with van der Waals surface area (Å²) < 4.78 is 7.86. The Morgan fingerprint density at radius 3 is 2.95 bits per heavy atom. The minimum absolute atomic E-state index is 0.0990. The molecule has 1 fully saturated rings. The van der Waals surface area contributed by atoms with E-state index in [1.165, 1.54) is 0 Å². The van der Waals surface area contributed by atoms with E-state index < -0.39 is 0 Å². The van der Waals surface area contributed by atoms with Crippen molar-refractivity contribution in [2.75, 3.05) is 13.2 Å². The summed E-state index contributed by atoms with van der Waals surface area (Å²) in [4.78, 5) is 4.41. The molecule has 0 bridgehead atoms. The van der Waals surface area contributed by atoms with Crippen molar-refractivity contribution in [3.63, 3.8) is 0 Å². The Bertz CT molecular complexity index is 652. The predicted octanol–water partition coefficient (Wildman–Crippen LogP) is 1.99. The minimum Gasteiger partial charge on any atom is -0.394 e. The lowest BCUT2D eigenvalue weighted by atomic mass is 9.54. The Hall–Kier alpha value is -1.43. The second kappa shape index (κ2) is 5.65. The minimum atomic E-state index is -0.300. The van der Waals surface area contributed by atoms with Gasteiger partial charge in [-0.15, -0.1) is 0 Å². The predicted molar refractivity (Wildman–Crippen MR) is 85.7 cm³/mol. The average molecular weight is 303 g/mol. The summed E-state index contributed by atoms with van der Waals surface area (Å²) in [5.41, 5.74) is 1.64. The second-order valence-corrected chi connectivity index (χ2v) is 6.64. The van der Waals surface area contributed by atoms with Crippen molar-refractivity contribution in [1.29, 1.82) is 0 Å². The summed E-state index contributed by atoms with van der Waals surface area (Å²) in [7, 11) is 0. The molecule has 0 saturated heterocycles. The molecule has 2 atom stereocenters. The fourth-order valence-electron chi connectivity index (χ4n) is 3.48. The Morgan fingerprint density at radius 1 is 1.45 bits per heavy atom. The van der Waals surface area contributed by atoms with E-state index in [0.717, 1.165) is 17.8 Å². The van der Waals surface area contributed by atoms with Crippen molar-refractivity contribution in [2.45, 2.75) is 45.4 Å². The SMILES string of the molecule is CCOC1CC(CO)(NCc2cnc3ccccn23)C1(C)C. The zero-order chi connectivity index (χ0) is 15.8. The van der Waals surface area contributed by atoms with Gasteiger partial charge in [0.2, 0.25) is 0 Å². The number of imidazole rings is 1. The number of fused-ring (bicyclic) bond motifs is 1. The van der Waals surface area contributed by atoms with Crippen molar-refractivity contribution < 1.29 is 9.84 Å². The lowest BCUT2D eigenvalue weighted by Gasteiger charge is -2.60. The molecule has 2 N–H and O–H groups in total. The fourth-order valence-corrected chi connectivity index (χ4v) is 3.48. The number of nitrogens with zero attached hydrogens (tertiary/aromatic N) is 2. The smallest absolute Gasteiger partial charge is 0.136 e. The highest BCUT2D eigenvalue weighted by atomic mass is 16.5. The number of hydrogen-bond acceptors (Lipinski definition) is 4. The van der Waals surface area contributed by atoms with Crippen LogP contribution < -0.4 is 5.32 Å². The first-order valence-corrected chi connectivity index (χ1v) is 7.92. The second-order valence-electron chi connectivity index (χ2n) is 6.64. The number of aliphatic hydroxyl groups is 1. The molecule has 1 saturated carbocycles. The highest BCUT2D eigenvalue weighted by Gasteiger charge is 2.60. The largest absolute Gasteiger partial charge is 0.394 e. The van der Waals surface area contributed by atoms with Crippen molar-refractivity contribution in [2.24, 2.45) is 5.41 Å². The number of ether oxygens (including phenoxy) is 1. The Labute approximate surface area is 131 Å². The van der Waals surface area contributed by atoms with Crippen molar-refractivity contribution >= 4 is 5.65 Å². The number of rotatable bonds is 6. The van der Waals surface area contributed by atoms with Gasteiger partial charge in [0.1, 0.15) is 5.65 Å². The molecule has 2 heterocycles. The van der Waals surface area contributed by atoms with Gasteiger partial charge in [0.25, 0.3) is 0 Å². The number of aliphatic hydroxyl groups excluding tert-OH is 1. The maximum atomic E-state index is 9.96. The van der Waals surface area contributed by atoms with E-state index in [9.17, 15) is 5.11 Å². The normalized spacial score (nSPS) is 27.0. The van der Waals surface area contributed by atoms with Gasteiger partial charge in [-0.25, -0.2) is 4.98 Å². The maximum absolute atomic E-state index is 9.96. The van der Waals surface area contributed by atoms with Gasteiger partial charge in [-0.05, 0) is 25.5 Å². The Balaban J connectivity index is 1.75. The standard InChI is InChI=1S/C17H25N3O2/c1-4-22-14-9-17(12-21,16(14,2)3)19-11-13-10-18-15-7-5-6-8-20(13)15/h5-8,10,14,19,21H,4,9,11-12H2,1-3H3. The summed E-state index contributed by atoms with van der Waals surface area (Å²) in [5, 5.41) is 13.5. The van der Waals surface area contributed by atoms with Crippen LogP contribution in [0.3, 0.4) is 0 Å². The molecule has 0 aliphatic heterocycles. The van der Waals surface area contributed by atoms with Crippen LogP contribution >= 0.6 is 0 Å². The van der Waals surface area contributed by atoms with Crippen LogP contribution in [0.4, 0.5) is 0 Å². The summed E-state index contributed by atoms with van der Waals surface area (Å²) in [6, 6.07) is 5.97. The van der Waals surface area contributed by atoms with E-state index in [-0.39, 0.29) is 23.7 Å². The van der Waals surface area contributed by atoms with Gasteiger partial charge in [-0.1, -0.05) is 19.9 Å². The Kier molecular flexibility index (Phi) is 3.97. The lowest BCUT2D eigenvalue weighted by molar-refractivity contribution is -0.177. The number of hydrogen-bond donors (Lipinski definition) is 2. The number of pyridine rings is 1. The molecule has 120 valence electrons. The lowest BCUT2D eigenvalue weighted by Crippen LogP contribution is -2.73. The molecule has 2 unspecified atom stereocenters. The van der Waals surface area contributed by atoms with Crippen molar-refractivity contribution in [3.05, 3.63) is 36.3 Å². The molecule has 0 aromatic carbocycles. The highest BCUT2D eigenvalue weighted by Crippen LogP contribution is 2.51. The van der Waals surface area contributed by atoms with E-state index in [1.54, 1.807) is 0 Å². The number of aromatic nitrogens is 2. The van der Waals surface area contributed by atoms with Crippen LogP contribution in [-0.2, 0) is 11.3 Å². The first-order chi connectivity index (χ1) is 10.5. The van der Waals surface area contributed by atoms with Crippen LogP contribution in [0.2, 0.25) is 0 Å². The zero-order valence-corrected chi connectivity index (χ0v) is 13.5. The van der Waals surface area contributed by atoms with Gasteiger partial charge < -0.3 is 19.6 Å². The fraction of sp³-hybridized carbons (Fsp3) is 0.588. The molecule has 5 heteroatoms. The van der Waals surface area contributed by atoms with Crippen LogP contribution in [0.25, 0.3) is 5.65 Å². The maximum Gasteiger partial charge on any atom is 0.136 e. The van der Waals surface area contributed by atoms with E-state index in [4.69, 9.17) is 4.74 Å². The van der Waals surface area contributed by atoms with Crippen molar-refractivity contribution in [3.8, 4) is 0 Å². The third kappa shape index (κ3) is 2.24. The van der Waals surface area contributed by atoms with Crippen LogP contribution in [0, 0.1) is 5.41 Å². The van der Waals surface area contributed by atoms with Gasteiger partial charge in [0, 0.05) is 24.8 Å². The molecule has 5 nitrogen and oxygen atoms in total. The van der Waals surface area contributed by atoms with Gasteiger partial charge in [0.15, 0.2) is 0 Å². The summed E-state index contributed by atoms with van der Waals surface area (Å²) in [5.74, 6) is 0. The van der Waals surface area contributed by atoms with Crippen LogP contribution in [-0.4, -0.2) is 39.3 Å². The molecule has 2 aromatic heterocycles. The molecular formula is C17H25N3O2. The Morgan fingerprint density at radius 2 is 2.27 bits per heavy atom. The van der Waals surface area contributed by atoms with E-state index >= 15 is 0 Å². The monoisotopic (exact) mass is 303 g/mol. The summed E-state index contributed by atoms with van der Waals surface area (Å²) in [6.45, 7) is 7.83. The van der Waals surface area contributed by atoms with Gasteiger partial charge >= 0.3 is 0 Å². The molecule has 22 heavy (non-hydrogen) atoms. The molecule has 0 radical (unpaired) electrons. The quantitative estimate of drug-likeness (QED) is 0.857. The third-order valence-electron chi connectivity index (χ3n) is 5.31. The van der Waals surface area contributed by atoms with Gasteiger partial charge in [-0.3, -0.25) is 0 Å². The molecule has 3 rings (SSSR count). The third-order valence-corrected chi connectivity index (χ3v) is 5.31. The topological polar surface area (TPSA) is 58.8 Å². The van der Waals surface area contributed by atoms with Crippen LogP contribution in [0.15, 0.2) is 30.6 Å². The number of nitrogens with one attached hydrogen (secondary N) is 1. The molecule has 2 aromatic rings. The molecule has 0 amide bonds. The van der Waals surface area contributed by atoms with Crippen molar-refractivity contribution in [1.82, 2.24) is 14.7 Å². The van der Waals surface area contributed by atoms with Crippen LogP contribution in [0.5, 0.6) is 0 Å². The van der Waals surface area contributed by atoms with E-state index in [2.05, 4.69) is 28.5 Å². The van der Waals surface area contributed by atoms with Crippen LogP contribution in [0.1, 0.15) is 32.9 Å². The highest BCUT2D eigenvalue weighted by molar-refractivity contribution is 5.39.